The Hall–Kier alpha value is -2.34. The molecular weight excluding hydrogens is 286 g/mol. The van der Waals surface area contributed by atoms with Crippen LogP contribution in [0.4, 0.5) is 5.69 Å². The first-order valence-corrected chi connectivity index (χ1v) is 7.07. The van der Waals surface area contributed by atoms with Crippen LogP contribution in [0.1, 0.15) is 13.8 Å². The smallest absolute Gasteiger partial charge is 0.273 e. The minimum atomic E-state index is -0.455. The van der Waals surface area contributed by atoms with Gasteiger partial charge in [-0.1, -0.05) is 18.2 Å². The molecule has 1 aliphatic rings. The van der Waals surface area contributed by atoms with Gasteiger partial charge in [0.15, 0.2) is 11.5 Å². The maximum absolute atomic E-state index is 10.9. The molecule has 118 valence electrons. The molecule has 0 radical (unpaired) electrons. The minimum Gasteiger partial charge on any atom is -0.487 e. The van der Waals surface area contributed by atoms with Gasteiger partial charge >= 0.3 is 0 Å². The molecule has 6 nitrogen and oxygen atoms in total. The molecule has 1 aromatic rings. The van der Waals surface area contributed by atoms with Crippen molar-refractivity contribution in [2.75, 3.05) is 19.8 Å². The third-order valence-electron chi connectivity index (χ3n) is 3.11. The first kappa shape index (κ1) is 16.0. The SMILES string of the molecule is C/C=C\C(=C/C)COc1cc([N+](=O)[O-])ccc1OCC1CO1. The highest BCUT2D eigenvalue weighted by atomic mass is 16.6. The number of epoxide rings is 1. The lowest BCUT2D eigenvalue weighted by molar-refractivity contribution is -0.385. The van der Waals surface area contributed by atoms with E-state index in [4.69, 9.17) is 14.2 Å². The van der Waals surface area contributed by atoms with Crippen LogP contribution in [0.5, 0.6) is 11.5 Å². The van der Waals surface area contributed by atoms with Gasteiger partial charge in [-0.2, -0.15) is 0 Å². The molecule has 0 aliphatic carbocycles. The zero-order valence-corrected chi connectivity index (χ0v) is 12.7. The molecule has 0 bridgehead atoms. The number of nitro groups is 1. The van der Waals surface area contributed by atoms with E-state index < -0.39 is 4.92 Å². The molecule has 6 heteroatoms. The van der Waals surface area contributed by atoms with Crippen LogP contribution in [0.15, 0.2) is 42.0 Å². The van der Waals surface area contributed by atoms with Crippen molar-refractivity contribution in [1.82, 2.24) is 0 Å². The van der Waals surface area contributed by atoms with Crippen molar-refractivity contribution >= 4 is 5.69 Å². The zero-order valence-electron chi connectivity index (χ0n) is 12.7. The summed E-state index contributed by atoms with van der Waals surface area (Å²) in [7, 11) is 0. The van der Waals surface area contributed by atoms with Crippen molar-refractivity contribution < 1.29 is 19.1 Å². The largest absolute Gasteiger partial charge is 0.487 e. The van der Waals surface area contributed by atoms with Gasteiger partial charge in [0, 0.05) is 6.07 Å². The van der Waals surface area contributed by atoms with Gasteiger partial charge in [-0.15, -0.1) is 0 Å². The standard InChI is InChI=1S/C16H19NO5/c1-3-5-12(4-2)9-21-16-8-13(17(18)19)6-7-15(16)22-11-14-10-20-14/h3-8,14H,9-11H2,1-2H3/b5-3-,12-4+. The third-order valence-corrected chi connectivity index (χ3v) is 3.11. The molecular formula is C16H19NO5. The predicted molar refractivity (Wildman–Crippen MR) is 82.4 cm³/mol. The second kappa shape index (κ2) is 7.61. The number of hydrogen-bond acceptors (Lipinski definition) is 5. The summed E-state index contributed by atoms with van der Waals surface area (Å²) in [6.07, 6.45) is 5.87. The summed E-state index contributed by atoms with van der Waals surface area (Å²) in [4.78, 5) is 10.4. The molecule has 0 saturated carbocycles. The van der Waals surface area contributed by atoms with Gasteiger partial charge in [-0.3, -0.25) is 10.1 Å². The van der Waals surface area contributed by atoms with Crippen molar-refractivity contribution in [3.8, 4) is 11.5 Å². The topological polar surface area (TPSA) is 74.1 Å². The van der Waals surface area contributed by atoms with Crippen LogP contribution in [-0.2, 0) is 4.74 Å². The molecule has 1 saturated heterocycles. The maximum atomic E-state index is 10.9. The van der Waals surface area contributed by atoms with Crippen molar-refractivity contribution in [2.24, 2.45) is 0 Å². The van der Waals surface area contributed by atoms with Crippen LogP contribution in [0, 0.1) is 10.1 Å². The van der Waals surface area contributed by atoms with E-state index in [-0.39, 0.29) is 11.8 Å². The fourth-order valence-corrected chi connectivity index (χ4v) is 1.79. The van der Waals surface area contributed by atoms with Crippen LogP contribution in [0.25, 0.3) is 0 Å². The Kier molecular flexibility index (Phi) is 5.55. The van der Waals surface area contributed by atoms with Crippen LogP contribution in [-0.4, -0.2) is 30.8 Å². The van der Waals surface area contributed by atoms with Crippen LogP contribution < -0.4 is 9.47 Å². The van der Waals surface area contributed by atoms with Crippen LogP contribution in [0.3, 0.4) is 0 Å². The molecule has 0 aromatic heterocycles. The van der Waals surface area contributed by atoms with E-state index in [0.29, 0.717) is 31.3 Å². The third kappa shape index (κ3) is 4.60. The lowest BCUT2D eigenvalue weighted by Gasteiger charge is -2.12. The van der Waals surface area contributed by atoms with E-state index in [1.54, 1.807) is 6.07 Å². The molecule has 1 aliphatic heterocycles. The summed E-state index contributed by atoms with van der Waals surface area (Å²) in [5.41, 5.74) is 0.948. The average Bonchev–Trinajstić information content (AvgIpc) is 3.33. The van der Waals surface area contributed by atoms with Crippen molar-refractivity contribution in [3.63, 3.8) is 0 Å². The highest BCUT2D eigenvalue weighted by Crippen LogP contribution is 2.32. The average molecular weight is 305 g/mol. The number of nitro benzene ring substituents is 1. The fourth-order valence-electron chi connectivity index (χ4n) is 1.79. The second-order valence-corrected chi connectivity index (χ2v) is 4.81. The van der Waals surface area contributed by atoms with E-state index >= 15 is 0 Å². The van der Waals surface area contributed by atoms with E-state index in [1.165, 1.54) is 12.1 Å². The van der Waals surface area contributed by atoms with Gasteiger partial charge in [0.05, 0.1) is 17.6 Å². The number of non-ortho nitro benzene ring substituents is 1. The highest BCUT2D eigenvalue weighted by Gasteiger charge is 2.24. The van der Waals surface area contributed by atoms with E-state index in [0.717, 1.165) is 5.57 Å². The normalized spacial score (nSPS) is 17.5. The van der Waals surface area contributed by atoms with Crippen molar-refractivity contribution in [2.45, 2.75) is 20.0 Å². The molecule has 22 heavy (non-hydrogen) atoms. The molecule has 2 rings (SSSR count). The molecule has 0 N–H and O–H groups in total. The number of benzene rings is 1. The van der Waals surface area contributed by atoms with Gasteiger partial charge in [-0.25, -0.2) is 0 Å². The van der Waals surface area contributed by atoms with Crippen molar-refractivity contribution in [3.05, 3.63) is 52.1 Å². The van der Waals surface area contributed by atoms with E-state index in [9.17, 15) is 10.1 Å². The Morgan fingerprint density at radius 1 is 1.41 bits per heavy atom. The van der Waals surface area contributed by atoms with Gasteiger partial charge in [0.2, 0.25) is 0 Å². The summed E-state index contributed by atoms with van der Waals surface area (Å²) in [5, 5.41) is 10.9. The molecule has 1 fully saturated rings. The zero-order chi connectivity index (χ0) is 15.9. The number of hydrogen-bond donors (Lipinski definition) is 0. The molecule has 1 heterocycles. The Morgan fingerprint density at radius 2 is 2.18 bits per heavy atom. The molecule has 1 atom stereocenters. The lowest BCUT2D eigenvalue weighted by atomic mass is 10.2. The summed E-state index contributed by atoms with van der Waals surface area (Å²) in [5.74, 6) is 0.843. The van der Waals surface area contributed by atoms with Crippen LogP contribution in [0.2, 0.25) is 0 Å². The number of allylic oxidation sites excluding steroid dienone is 2. The fraction of sp³-hybridized carbons (Fsp3) is 0.375. The molecule has 1 aromatic carbocycles. The van der Waals surface area contributed by atoms with Crippen molar-refractivity contribution in [1.29, 1.82) is 0 Å². The summed E-state index contributed by atoms with van der Waals surface area (Å²) < 4.78 is 16.4. The van der Waals surface area contributed by atoms with E-state index in [1.807, 2.05) is 32.1 Å². The Morgan fingerprint density at radius 3 is 2.77 bits per heavy atom. The highest BCUT2D eigenvalue weighted by molar-refractivity contribution is 5.48. The Labute approximate surface area is 129 Å². The molecule has 1 unspecified atom stereocenters. The number of rotatable bonds is 8. The summed E-state index contributed by atoms with van der Waals surface area (Å²) >= 11 is 0. The molecule has 0 spiro atoms. The maximum Gasteiger partial charge on any atom is 0.273 e. The molecule has 0 amide bonds. The predicted octanol–water partition coefficient (Wildman–Crippen LogP) is 3.27. The number of ether oxygens (including phenoxy) is 3. The second-order valence-electron chi connectivity index (χ2n) is 4.81. The summed E-state index contributed by atoms with van der Waals surface area (Å²) in [6, 6.07) is 4.34. The monoisotopic (exact) mass is 305 g/mol. The Bertz CT molecular complexity index is 590. The van der Waals surface area contributed by atoms with Crippen LogP contribution >= 0.6 is 0 Å². The minimum absolute atomic E-state index is 0.0296. The van der Waals surface area contributed by atoms with Gasteiger partial charge in [0.25, 0.3) is 5.69 Å². The van der Waals surface area contributed by atoms with Gasteiger partial charge in [0.1, 0.15) is 19.3 Å². The van der Waals surface area contributed by atoms with Gasteiger partial charge in [-0.05, 0) is 25.5 Å². The lowest BCUT2D eigenvalue weighted by Crippen LogP contribution is -2.07. The van der Waals surface area contributed by atoms with Gasteiger partial charge < -0.3 is 14.2 Å². The first-order valence-electron chi connectivity index (χ1n) is 7.07. The number of nitrogens with zero attached hydrogens (tertiary/aromatic N) is 1. The van der Waals surface area contributed by atoms with E-state index in [2.05, 4.69) is 0 Å². The quantitative estimate of drug-likeness (QED) is 0.319. The Balaban J connectivity index is 2.12. The summed E-state index contributed by atoms with van der Waals surface area (Å²) in [6.45, 7) is 5.25. The first-order chi connectivity index (χ1) is 10.6.